The van der Waals surface area contributed by atoms with Gasteiger partial charge in [0.2, 0.25) is 0 Å². The molecule has 0 amide bonds. The molecule has 7 aliphatic rings. The number of ether oxygens (including phenoxy) is 14. The highest BCUT2D eigenvalue weighted by Gasteiger charge is 2.60. The zero-order valence-electron chi connectivity index (χ0n) is 51.4. The van der Waals surface area contributed by atoms with E-state index in [1.54, 1.807) is 0 Å². The Balaban J connectivity index is 1.02. The third kappa shape index (κ3) is 19.3. The monoisotopic (exact) mass is 1370 g/mol. The van der Waals surface area contributed by atoms with Crippen LogP contribution in [-0.2, 0) is 76.1 Å². The van der Waals surface area contributed by atoms with Crippen LogP contribution in [0.2, 0.25) is 0 Å². The highest BCUT2D eigenvalue weighted by atomic mass is 17.2. The molecule has 0 aromatic heterocycles. The molecule has 7 fully saturated rings. The third-order valence-electron chi connectivity index (χ3n) is 16.9. The van der Waals surface area contributed by atoms with Gasteiger partial charge in [0.25, 0.3) is 0 Å². The fourth-order valence-electron chi connectivity index (χ4n) is 11.1. The number of aliphatic hydroxyl groups is 22. The van der Waals surface area contributed by atoms with E-state index in [2.05, 4.69) is 0 Å². The maximum absolute atomic E-state index is 12.0. The van der Waals surface area contributed by atoms with Gasteiger partial charge in [-0.25, -0.2) is 9.78 Å². The number of piperazine rings is 1. The molecule has 37 atom stereocenters. The maximum Gasteiger partial charge on any atom is 0.189 e. The summed E-state index contributed by atoms with van der Waals surface area (Å²) in [7, 11) is 1.86. The summed E-state index contributed by atoms with van der Waals surface area (Å²) < 4.78 is 79.1. The average Bonchev–Trinajstić information content (AvgIpc) is 1.35. The predicted octanol–water partition coefficient (Wildman–Crippen LogP) is -14.3. The van der Waals surface area contributed by atoms with Crippen LogP contribution < -0.4 is 0 Å². The van der Waals surface area contributed by atoms with E-state index in [0.717, 1.165) is 13.8 Å². The largest absolute Gasteiger partial charge is 0.394 e. The molecule has 93 heavy (non-hydrogen) atoms. The fraction of sp³-hybridized carbons (Fsp3) is 1.00. The van der Waals surface area contributed by atoms with E-state index < -0.39 is 267 Å². The number of aliphatic hydroxyl groups excluding tert-OH is 22. The lowest BCUT2D eigenvalue weighted by Crippen LogP contribution is -2.65. The summed E-state index contributed by atoms with van der Waals surface area (Å²) in [5.41, 5.74) is 0. The summed E-state index contributed by atoms with van der Waals surface area (Å²) in [5, 5.41) is 238. The zero-order chi connectivity index (χ0) is 68.6. The van der Waals surface area contributed by atoms with E-state index in [9.17, 15) is 112 Å². The fourth-order valence-corrected chi connectivity index (χ4v) is 11.1. The number of hydrogen-bond acceptors (Lipinski definition) is 40. The van der Waals surface area contributed by atoms with Crippen molar-refractivity contribution in [2.45, 2.75) is 255 Å². The standard InChI is InChI=1S/C53H96N2O38/c1-17(11-56)78-52(38(75)46(77)91-47(19(3)63)84-26(16-61)45(76)90-51-33(70)29(66)28(65)22(12-57)81-51)85-40-21(10-55-8-6-54(5)7-9-55)80-49(35(72)31(40)68)88-43(27(64)18(2)62)25(15-60)92-93-39-20(4)79-48(34(71)30(39)67)86-41-23(13-58)82-50(36(73)32(41)69)87-42-24(14-59)83-53-44(89-53)37(42)74/h17-53,56-77H,6-16H2,1-5H3. The van der Waals surface area contributed by atoms with E-state index in [-0.39, 0.29) is 6.54 Å². The van der Waals surface area contributed by atoms with Gasteiger partial charge in [-0.3, -0.25) is 4.90 Å². The van der Waals surface area contributed by atoms with Crippen molar-refractivity contribution >= 4 is 0 Å². The lowest BCUT2D eigenvalue weighted by molar-refractivity contribution is -0.431. The van der Waals surface area contributed by atoms with Crippen LogP contribution in [0.3, 0.4) is 0 Å². The van der Waals surface area contributed by atoms with Crippen LogP contribution in [0.25, 0.3) is 0 Å². The third-order valence-corrected chi connectivity index (χ3v) is 16.9. The number of nitrogens with zero attached hydrogens (tertiary/aromatic N) is 2. The van der Waals surface area contributed by atoms with E-state index in [1.807, 2.05) is 16.8 Å². The number of epoxide rings is 1. The molecule has 546 valence electrons. The van der Waals surface area contributed by atoms with Crippen molar-refractivity contribution in [3.63, 3.8) is 0 Å². The van der Waals surface area contributed by atoms with Gasteiger partial charge < -0.3 is 184 Å². The van der Waals surface area contributed by atoms with Gasteiger partial charge in [0.05, 0.1) is 58.0 Å². The molecule has 0 aliphatic carbocycles. The Labute approximate surface area is 531 Å². The number of rotatable bonds is 34. The molecule has 40 heteroatoms. The van der Waals surface area contributed by atoms with Gasteiger partial charge in [0.1, 0.15) is 146 Å². The molecule has 7 heterocycles. The average molecular weight is 1370 g/mol. The Kier molecular flexibility index (Phi) is 30.2. The van der Waals surface area contributed by atoms with Gasteiger partial charge in [-0.05, 0) is 34.7 Å². The minimum absolute atomic E-state index is 0.169. The molecule has 7 rings (SSSR count). The normalized spacial score (nSPS) is 42.8. The van der Waals surface area contributed by atoms with Gasteiger partial charge >= 0.3 is 0 Å². The Morgan fingerprint density at radius 1 is 0.441 bits per heavy atom. The predicted molar refractivity (Wildman–Crippen MR) is 292 cm³/mol. The number of fused-ring (bicyclic) bond motifs is 1. The van der Waals surface area contributed by atoms with Crippen molar-refractivity contribution in [1.29, 1.82) is 0 Å². The van der Waals surface area contributed by atoms with Crippen molar-refractivity contribution in [3.8, 4) is 0 Å². The first-order chi connectivity index (χ1) is 44.0. The van der Waals surface area contributed by atoms with Gasteiger partial charge in [0, 0.05) is 32.7 Å². The molecule has 37 unspecified atom stereocenters. The Bertz CT molecular complexity index is 2150. The van der Waals surface area contributed by atoms with Crippen LogP contribution in [0.15, 0.2) is 0 Å². The summed E-state index contributed by atoms with van der Waals surface area (Å²) in [6, 6.07) is 0. The summed E-state index contributed by atoms with van der Waals surface area (Å²) in [5.74, 6) is 0. The minimum Gasteiger partial charge on any atom is -0.394 e. The number of likely N-dealkylation sites (N-methyl/N-ethyl adjacent to an activating group) is 1. The first-order valence-electron chi connectivity index (χ1n) is 30.5. The van der Waals surface area contributed by atoms with Gasteiger partial charge in [-0.1, -0.05) is 0 Å². The second-order valence-corrected chi connectivity index (χ2v) is 24.1. The Hall–Kier alpha value is -1.60. The van der Waals surface area contributed by atoms with E-state index >= 15 is 0 Å². The first-order valence-corrected chi connectivity index (χ1v) is 30.5. The molecule has 7 aliphatic heterocycles. The molecule has 0 bridgehead atoms. The Morgan fingerprint density at radius 3 is 1.55 bits per heavy atom. The van der Waals surface area contributed by atoms with Gasteiger partial charge in [0.15, 0.2) is 62.7 Å². The summed E-state index contributed by atoms with van der Waals surface area (Å²) >= 11 is 0. The van der Waals surface area contributed by atoms with Crippen LogP contribution in [0.5, 0.6) is 0 Å². The quantitative estimate of drug-likeness (QED) is 0.0123. The van der Waals surface area contributed by atoms with Crippen molar-refractivity contribution in [1.82, 2.24) is 9.80 Å². The van der Waals surface area contributed by atoms with E-state index in [1.165, 1.54) is 13.8 Å². The highest BCUT2D eigenvalue weighted by Crippen LogP contribution is 2.40. The molecule has 0 aromatic carbocycles. The van der Waals surface area contributed by atoms with Crippen LogP contribution in [-0.4, -0.2) is 429 Å². The molecule has 0 spiro atoms. The smallest absolute Gasteiger partial charge is 0.189 e. The summed E-state index contributed by atoms with van der Waals surface area (Å²) in [6.07, 6.45) is -66.5. The van der Waals surface area contributed by atoms with Crippen molar-refractivity contribution in [2.24, 2.45) is 0 Å². The SMILES string of the molecule is CC(CO)OC(OC1C(CN2CCN(C)CC2)OC(OC(C(CO)OOC2C(C)OC(OC3C(CO)OC(OC4C(CO)OC5OC5C4O)C(O)C3O)C(O)C2O)C(O)C(C)O)C(O)C1O)C(O)C(O)OC(OC(CO)C(O)OC1OC(CO)C(O)C(O)C1O)C(C)O. The lowest BCUT2D eigenvalue weighted by Gasteiger charge is -2.47. The molecule has 0 aromatic rings. The Morgan fingerprint density at radius 2 is 0.968 bits per heavy atom. The molecule has 7 saturated heterocycles. The van der Waals surface area contributed by atoms with Gasteiger partial charge in [-0.15, -0.1) is 0 Å². The van der Waals surface area contributed by atoms with Crippen LogP contribution in [0, 0.1) is 0 Å². The van der Waals surface area contributed by atoms with Gasteiger partial charge in [-0.2, -0.15) is 0 Å². The summed E-state index contributed by atoms with van der Waals surface area (Å²) in [6.45, 7) is 0.957. The van der Waals surface area contributed by atoms with Crippen molar-refractivity contribution in [2.75, 3.05) is 79.4 Å². The lowest BCUT2D eigenvalue weighted by atomic mass is 9.96. The van der Waals surface area contributed by atoms with E-state index in [4.69, 9.17) is 76.1 Å². The topological polar surface area (TPSA) is 603 Å². The van der Waals surface area contributed by atoms with Crippen LogP contribution in [0.1, 0.15) is 27.7 Å². The molecule has 0 saturated carbocycles. The molecule has 40 nitrogen and oxygen atoms in total. The van der Waals surface area contributed by atoms with E-state index in [0.29, 0.717) is 26.2 Å². The molecule has 0 radical (unpaired) electrons. The first kappa shape index (κ1) is 78.7. The molecular weight excluding hydrogens is 1270 g/mol. The second kappa shape index (κ2) is 35.6. The van der Waals surface area contributed by atoms with Crippen LogP contribution in [0.4, 0.5) is 0 Å². The molecule has 22 N–H and O–H groups in total. The van der Waals surface area contributed by atoms with Crippen molar-refractivity contribution < 1.29 is 188 Å². The zero-order valence-corrected chi connectivity index (χ0v) is 51.4. The maximum atomic E-state index is 12.0. The second-order valence-electron chi connectivity index (χ2n) is 24.1. The van der Waals surface area contributed by atoms with Crippen LogP contribution >= 0.6 is 0 Å². The highest BCUT2D eigenvalue weighted by molar-refractivity contribution is 5.01. The summed E-state index contributed by atoms with van der Waals surface area (Å²) in [4.78, 5) is 14.9. The number of hydrogen-bond donors (Lipinski definition) is 22. The minimum atomic E-state index is -2.55. The molecular formula is C53H96N2O38. The van der Waals surface area contributed by atoms with Crippen molar-refractivity contribution in [3.05, 3.63) is 0 Å².